The summed E-state index contributed by atoms with van der Waals surface area (Å²) in [6.45, 7) is 3.25. The van der Waals surface area contributed by atoms with Gasteiger partial charge in [-0.2, -0.15) is 0 Å². The first-order chi connectivity index (χ1) is 32.2. The van der Waals surface area contributed by atoms with Gasteiger partial charge in [0.2, 0.25) is 17.7 Å². The van der Waals surface area contributed by atoms with Crippen molar-refractivity contribution >= 4 is 53.4 Å². The molecule has 3 rings (SSSR count). The predicted molar refractivity (Wildman–Crippen MR) is 237 cm³/mol. The SMILES string of the molecule is O=C(O)CN1CCN(CC(=O)O)CCN(CC(=O)NCCOCCOCCOCC(=O)NCc2cccc(C(=O)NCC(=O)NCCCCCN3C(=O)C=CC3=O)c2)CCN(CC(=O)O)CC1. The van der Waals surface area contributed by atoms with Gasteiger partial charge in [-0.15, -0.1) is 0 Å². The normalized spacial score (nSPS) is 15.7. The van der Waals surface area contributed by atoms with E-state index in [9.17, 15) is 58.5 Å². The quantitative estimate of drug-likeness (QED) is 0.0297. The third-order valence-corrected chi connectivity index (χ3v) is 10.3. The number of nitrogens with one attached hydrogen (secondary N) is 4. The van der Waals surface area contributed by atoms with Crippen LogP contribution in [-0.4, -0.2) is 238 Å². The highest BCUT2D eigenvalue weighted by Gasteiger charge is 2.23. The van der Waals surface area contributed by atoms with E-state index < -0.39 is 23.8 Å². The van der Waals surface area contributed by atoms with Gasteiger partial charge in [0.05, 0.1) is 65.8 Å². The second kappa shape index (κ2) is 31.9. The van der Waals surface area contributed by atoms with E-state index in [1.807, 2.05) is 4.90 Å². The molecule has 2 aliphatic heterocycles. The maximum atomic E-state index is 12.8. The number of imide groups is 1. The number of amides is 6. The number of carbonyl (C=O) groups is 9. The van der Waals surface area contributed by atoms with Crippen molar-refractivity contribution in [2.24, 2.45) is 0 Å². The van der Waals surface area contributed by atoms with Crippen molar-refractivity contribution in [2.75, 3.05) is 144 Å². The smallest absolute Gasteiger partial charge is 0.317 e. The number of unbranched alkanes of at least 4 members (excludes halogenated alkanes) is 2. The van der Waals surface area contributed by atoms with E-state index in [0.717, 1.165) is 0 Å². The Labute approximate surface area is 388 Å². The minimum absolute atomic E-state index is 0.0103. The molecule has 1 aromatic carbocycles. The average Bonchev–Trinajstić information content (AvgIpc) is 3.60. The van der Waals surface area contributed by atoms with Gasteiger partial charge in [-0.3, -0.25) is 67.7 Å². The van der Waals surface area contributed by atoms with Gasteiger partial charge in [-0.1, -0.05) is 12.1 Å². The third-order valence-electron chi connectivity index (χ3n) is 10.3. The second-order valence-electron chi connectivity index (χ2n) is 15.6. The molecule has 24 heteroatoms. The topological polar surface area (TPSA) is 306 Å². The first kappa shape index (κ1) is 55.4. The summed E-state index contributed by atoms with van der Waals surface area (Å²) in [7, 11) is 0. The number of carboxylic acids is 3. The van der Waals surface area contributed by atoms with Crippen LogP contribution in [0.15, 0.2) is 36.4 Å². The van der Waals surface area contributed by atoms with Gasteiger partial charge in [0.15, 0.2) is 0 Å². The van der Waals surface area contributed by atoms with Crippen molar-refractivity contribution in [1.82, 2.24) is 45.8 Å². The van der Waals surface area contributed by atoms with E-state index in [1.165, 1.54) is 17.1 Å². The van der Waals surface area contributed by atoms with Gasteiger partial charge >= 0.3 is 17.9 Å². The molecule has 1 aromatic rings. The summed E-state index contributed by atoms with van der Waals surface area (Å²) in [6.07, 6.45) is 4.45. The zero-order chi connectivity index (χ0) is 48.8. The zero-order valence-corrected chi connectivity index (χ0v) is 37.8. The van der Waals surface area contributed by atoms with Crippen LogP contribution >= 0.6 is 0 Å². The Morgan fingerprint density at radius 3 is 1.60 bits per heavy atom. The molecule has 0 atom stereocenters. The number of rotatable bonds is 30. The lowest BCUT2D eigenvalue weighted by Gasteiger charge is -2.32. The van der Waals surface area contributed by atoms with Crippen molar-refractivity contribution in [3.63, 3.8) is 0 Å². The van der Waals surface area contributed by atoms with Crippen LogP contribution in [0.1, 0.15) is 35.2 Å². The van der Waals surface area contributed by atoms with E-state index in [2.05, 4.69) is 21.3 Å². The first-order valence-corrected chi connectivity index (χ1v) is 22.2. The van der Waals surface area contributed by atoms with Gasteiger partial charge in [-0.25, -0.2) is 0 Å². The van der Waals surface area contributed by atoms with Crippen molar-refractivity contribution in [2.45, 2.75) is 25.8 Å². The number of benzene rings is 1. The number of nitrogens with zero attached hydrogens (tertiary/aromatic N) is 5. The summed E-state index contributed by atoms with van der Waals surface area (Å²) in [6, 6.07) is 6.60. The summed E-state index contributed by atoms with van der Waals surface area (Å²) in [5.41, 5.74) is 0.981. The Morgan fingerprint density at radius 2 is 1.04 bits per heavy atom. The molecule has 2 heterocycles. The van der Waals surface area contributed by atoms with Crippen molar-refractivity contribution in [3.8, 4) is 0 Å². The number of hydrogen-bond donors (Lipinski definition) is 7. The number of carboxylic acid groups (broad SMARTS) is 3. The summed E-state index contributed by atoms with van der Waals surface area (Å²) in [5.74, 6) is -5.23. The van der Waals surface area contributed by atoms with Gasteiger partial charge in [0, 0.05) is 96.3 Å². The fraction of sp³-hybridized carbons (Fsp3) is 0.605. The van der Waals surface area contributed by atoms with Crippen molar-refractivity contribution in [3.05, 3.63) is 47.5 Å². The van der Waals surface area contributed by atoms with Gasteiger partial charge in [0.25, 0.3) is 17.7 Å². The van der Waals surface area contributed by atoms with Crippen LogP contribution in [0.5, 0.6) is 0 Å². The molecule has 7 N–H and O–H groups in total. The Balaban J connectivity index is 1.22. The molecule has 0 aromatic heterocycles. The highest BCUT2D eigenvalue weighted by molar-refractivity contribution is 6.12. The maximum Gasteiger partial charge on any atom is 0.317 e. The number of aliphatic carboxylic acids is 3. The molecule has 372 valence electrons. The maximum absolute atomic E-state index is 12.8. The average molecular weight is 948 g/mol. The molecule has 0 radical (unpaired) electrons. The lowest BCUT2D eigenvalue weighted by atomic mass is 10.1. The van der Waals surface area contributed by atoms with E-state index >= 15 is 0 Å². The van der Waals surface area contributed by atoms with Crippen molar-refractivity contribution < 1.29 is 72.7 Å². The molecule has 6 amide bonds. The molecular weight excluding hydrogens is 883 g/mol. The van der Waals surface area contributed by atoms with Gasteiger partial charge in [-0.05, 0) is 37.0 Å². The Morgan fingerprint density at radius 1 is 0.537 bits per heavy atom. The summed E-state index contributed by atoms with van der Waals surface area (Å²) >= 11 is 0. The number of ether oxygens (including phenoxy) is 3. The lowest BCUT2D eigenvalue weighted by Crippen LogP contribution is -2.50. The van der Waals surface area contributed by atoms with E-state index in [0.29, 0.717) is 69.7 Å². The van der Waals surface area contributed by atoms with Crippen LogP contribution in [0.4, 0.5) is 0 Å². The molecule has 0 unspecified atom stereocenters. The largest absolute Gasteiger partial charge is 0.480 e. The predicted octanol–water partition coefficient (Wildman–Crippen LogP) is -3.11. The molecule has 67 heavy (non-hydrogen) atoms. The highest BCUT2D eigenvalue weighted by atomic mass is 16.5. The van der Waals surface area contributed by atoms with Gasteiger partial charge in [0.1, 0.15) is 6.61 Å². The fourth-order valence-electron chi connectivity index (χ4n) is 6.76. The summed E-state index contributed by atoms with van der Waals surface area (Å²) in [5, 5.41) is 38.9. The van der Waals surface area contributed by atoms with Crippen LogP contribution in [0.25, 0.3) is 0 Å². The van der Waals surface area contributed by atoms with Crippen LogP contribution in [0.3, 0.4) is 0 Å². The van der Waals surface area contributed by atoms with Crippen LogP contribution in [-0.2, 0) is 59.1 Å². The van der Waals surface area contributed by atoms with E-state index in [1.54, 1.807) is 39.0 Å². The zero-order valence-electron chi connectivity index (χ0n) is 37.8. The van der Waals surface area contributed by atoms with E-state index in [-0.39, 0.29) is 141 Å². The Kier molecular flexibility index (Phi) is 26.4. The standard InChI is InChI=1S/C43H65N9O15/c53-35(44-9-2-1-3-11-52-38(56)7-8-39(52)57)27-47-43(64)34-6-4-5-33(25-34)26-46-37(55)32-67-24-23-66-22-21-65-20-10-45-36(54)28-48-12-14-49(29-40(58)59)16-18-51(31-42(62)63)19-17-50(15-13-48)30-41(60)61/h4-8,25H,1-3,9-24,26-32H2,(H,44,53)(H,45,54)(H,46,55)(H,47,64)(H,58,59)(H,60,61)(H,62,63). The third kappa shape index (κ3) is 25.0. The Bertz CT molecular complexity index is 1780. The summed E-state index contributed by atoms with van der Waals surface area (Å²) < 4.78 is 16.4. The van der Waals surface area contributed by atoms with Crippen LogP contribution in [0, 0.1) is 0 Å². The van der Waals surface area contributed by atoms with Crippen LogP contribution < -0.4 is 21.3 Å². The molecule has 1 saturated heterocycles. The number of carbonyl (C=O) groups excluding carboxylic acids is 6. The minimum atomic E-state index is -1.04. The van der Waals surface area contributed by atoms with Crippen LogP contribution in [0.2, 0.25) is 0 Å². The molecule has 0 spiro atoms. The van der Waals surface area contributed by atoms with Crippen molar-refractivity contribution in [1.29, 1.82) is 0 Å². The monoisotopic (exact) mass is 947 g/mol. The Hall–Kier alpha value is -5.89. The molecule has 0 aliphatic carbocycles. The molecule has 2 aliphatic rings. The molecule has 0 saturated carbocycles. The fourth-order valence-corrected chi connectivity index (χ4v) is 6.76. The lowest BCUT2D eigenvalue weighted by molar-refractivity contribution is -0.140. The molecule has 1 fully saturated rings. The highest BCUT2D eigenvalue weighted by Crippen LogP contribution is 2.08. The second-order valence-corrected chi connectivity index (χ2v) is 15.6. The first-order valence-electron chi connectivity index (χ1n) is 22.2. The van der Waals surface area contributed by atoms with Gasteiger partial charge < -0.3 is 50.8 Å². The molecular formula is C43H65N9O15. The summed E-state index contributed by atoms with van der Waals surface area (Å²) in [4.78, 5) is 115. The minimum Gasteiger partial charge on any atom is -0.480 e. The molecule has 0 bridgehead atoms. The molecule has 24 nitrogen and oxygen atoms in total. The van der Waals surface area contributed by atoms with E-state index in [4.69, 9.17) is 14.2 Å². The number of hydrogen-bond acceptors (Lipinski definition) is 16.